The number of piperidine rings is 1. The summed E-state index contributed by atoms with van der Waals surface area (Å²) in [7, 11) is 4.47. The maximum atomic E-state index is 14.5. The lowest BCUT2D eigenvalue weighted by Crippen LogP contribution is -2.61. The molecule has 15 nitrogen and oxygen atoms in total. The van der Waals surface area contributed by atoms with Crippen LogP contribution in [0.3, 0.4) is 0 Å². The third-order valence-corrected chi connectivity index (χ3v) is 14.8. The molecular formula is C53H83NO14. The highest BCUT2D eigenvalue weighted by Gasteiger charge is 2.53. The summed E-state index contributed by atoms with van der Waals surface area (Å²) in [6.07, 6.45) is 10.6. The number of rotatable bonds is 9. The second-order valence-corrected chi connectivity index (χ2v) is 20.0. The van der Waals surface area contributed by atoms with E-state index < -0.39 is 109 Å². The molecule has 0 aromatic heterocycles. The lowest BCUT2D eigenvalue weighted by Gasteiger charge is -2.42. The number of Topliss-reactive ketones (excluding diaryl/α,β-unsaturated/α-hetero) is 3. The summed E-state index contributed by atoms with van der Waals surface area (Å²) in [5.74, 6) is -8.39. The van der Waals surface area contributed by atoms with Crippen molar-refractivity contribution < 1.29 is 70.5 Å². The van der Waals surface area contributed by atoms with Crippen LogP contribution in [0.1, 0.15) is 128 Å². The number of aliphatic hydroxyl groups excluding tert-OH is 1. The molecule has 2 bridgehead atoms. The van der Waals surface area contributed by atoms with Crippen molar-refractivity contribution in [3.63, 3.8) is 0 Å². The standard InChI is InChI=1S/C53H83NO14/c1-32-16-12-11-13-17-33(2)44(63-8)30-40-21-19-38(7)53(62,68-40)50(59)51(60)54-23-15-14-18-41(54)52(61)67-45(35(4)28-39-20-22-43(66-25-24-55)46(29-39)64-9)31-42(56)34(3)27-37(6)48(58)49(65-10)47(57)36(5)26-32/h11-13,16-17,27,32,34-36,38-41,43-46,48-49,55,58,62H,14-15,18-26,28-31H2,1-10H3/b13-11+,16-12+,33-17+,37-27+/t32-,34-,35-,36-,38-,39+,40+,41+,43-,44?,45+,46-,48-,49?,53-/m1/s1/i24T2. The van der Waals surface area contributed by atoms with Crippen molar-refractivity contribution >= 4 is 29.2 Å². The Labute approximate surface area is 407 Å². The maximum Gasteiger partial charge on any atom is 0.329 e. The lowest BCUT2D eigenvalue weighted by molar-refractivity contribution is -0.265. The quantitative estimate of drug-likeness (QED) is 0.134. The zero-order valence-electron chi connectivity index (χ0n) is 44.2. The van der Waals surface area contributed by atoms with Gasteiger partial charge >= 0.3 is 5.97 Å². The molecule has 1 aliphatic carbocycles. The van der Waals surface area contributed by atoms with Crippen molar-refractivity contribution in [2.45, 2.75) is 180 Å². The fourth-order valence-electron chi connectivity index (χ4n) is 10.4. The van der Waals surface area contributed by atoms with E-state index in [-0.39, 0.29) is 42.8 Å². The van der Waals surface area contributed by atoms with Crippen molar-refractivity contribution in [1.82, 2.24) is 4.90 Å². The van der Waals surface area contributed by atoms with Crippen LogP contribution in [-0.2, 0) is 52.4 Å². The predicted molar refractivity (Wildman–Crippen MR) is 256 cm³/mol. The van der Waals surface area contributed by atoms with Gasteiger partial charge in [0.2, 0.25) is 5.79 Å². The number of ether oxygens (including phenoxy) is 6. The van der Waals surface area contributed by atoms with E-state index in [4.69, 9.17) is 31.2 Å². The Bertz CT molecular complexity index is 1900. The van der Waals surface area contributed by atoms with Gasteiger partial charge in [-0.05, 0) is 107 Å². The van der Waals surface area contributed by atoms with E-state index in [0.717, 1.165) is 5.57 Å². The minimum Gasteiger partial charge on any atom is -0.460 e. The molecule has 4 rings (SSSR count). The van der Waals surface area contributed by atoms with Crippen LogP contribution in [-0.4, -0.2) is 145 Å². The summed E-state index contributed by atoms with van der Waals surface area (Å²) in [5, 5.41) is 33.1. The number of ketones is 3. The predicted octanol–water partition coefficient (Wildman–Crippen LogP) is 6.20. The maximum absolute atomic E-state index is 14.5. The number of allylic oxidation sites excluding steroid dienone is 6. The van der Waals surface area contributed by atoms with Gasteiger partial charge in [0.05, 0.1) is 40.3 Å². The molecule has 15 atom stereocenters. The van der Waals surface area contributed by atoms with E-state index in [0.29, 0.717) is 69.8 Å². The fourth-order valence-corrected chi connectivity index (χ4v) is 10.4. The van der Waals surface area contributed by atoms with Gasteiger partial charge in [0.25, 0.3) is 11.7 Å². The second kappa shape index (κ2) is 27.3. The number of cyclic esters (lactones) is 1. The number of amides is 1. The van der Waals surface area contributed by atoms with Crippen LogP contribution < -0.4 is 0 Å². The van der Waals surface area contributed by atoms with Gasteiger partial charge in [0.1, 0.15) is 30.1 Å². The number of carbonyl (C=O) groups excluding carboxylic acids is 5. The van der Waals surface area contributed by atoms with E-state index in [1.54, 1.807) is 40.9 Å². The minimum atomic E-state index is -2.50. The van der Waals surface area contributed by atoms with E-state index >= 15 is 0 Å². The summed E-state index contributed by atoms with van der Waals surface area (Å²) in [4.78, 5) is 72.2. The molecule has 4 aliphatic rings. The highest BCUT2D eigenvalue weighted by Crippen LogP contribution is 2.38. The van der Waals surface area contributed by atoms with Crippen LogP contribution in [0, 0.1) is 35.5 Å². The molecule has 3 heterocycles. The summed E-state index contributed by atoms with van der Waals surface area (Å²) in [6, 6.07) is -1.18. The molecule has 2 saturated heterocycles. The van der Waals surface area contributed by atoms with Gasteiger partial charge in [0.15, 0.2) is 5.78 Å². The molecule has 1 amide bonds. The van der Waals surface area contributed by atoms with Crippen LogP contribution in [0.2, 0.25) is 0 Å². The first-order chi connectivity index (χ1) is 32.9. The average Bonchev–Trinajstić information content (AvgIpc) is 3.32. The van der Waals surface area contributed by atoms with Gasteiger partial charge in [-0.2, -0.15) is 0 Å². The first-order valence-electron chi connectivity index (χ1n) is 25.8. The second-order valence-electron chi connectivity index (χ2n) is 20.0. The van der Waals surface area contributed by atoms with Crippen molar-refractivity contribution in [1.29, 1.82) is 0 Å². The van der Waals surface area contributed by atoms with E-state index in [1.165, 1.54) is 19.1 Å². The Morgan fingerprint density at radius 3 is 2.29 bits per heavy atom. The molecule has 0 aromatic carbocycles. The average molecular weight is 962 g/mol. The SMILES string of the molecule is [3H]C([3H])(O)CO[C@@H]1CC[C@@H](C[C@@H](C)[C@@H]2CC(=O)[C@H](C)/C=C(\C)[C@@H](O)C(OC)C(=O)[C@H](C)C[C@H](C)/C=C/C=C/C=C(\C)C(OC)C[C@@H]3CC[C@@H](C)[C@@](O)(O3)C(=O)C(=O)N3CCCC[C@H]3C(=O)O2)C[C@H]1OC. The van der Waals surface area contributed by atoms with Crippen LogP contribution in [0.15, 0.2) is 47.6 Å². The number of hydrogen-bond donors (Lipinski definition) is 3. The molecule has 15 heteroatoms. The van der Waals surface area contributed by atoms with Crippen LogP contribution in [0.4, 0.5) is 0 Å². The third kappa shape index (κ3) is 15.3. The molecule has 384 valence electrons. The largest absolute Gasteiger partial charge is 0.460 e. The van der Waals surface area contributed by atoms with Crippen molar-refractivity contribution in [2.24, 2.45) is 35.5 Å². The Balaban J connectivity index is 1.69. The highest BCUT2D eigenvalue weighted by atomic mass is 16.6. The molecule has 3 aliphatic heterocycles. The monoisotopic (exact) mass is 962 g/mol. The normalized spacial score (nSPS) is 39.8. The Hall–Kier alpha value is -3.41. The third-order valence-electron chi connectivity index (χ3n) is 14.8. The van der Waals surface area contributed by atoms with Crippen molar-refractivity contribution in [2.75, 3.05) is 41.0 Å². The van der Waals surface area contributed by atoms with E-state index in [9.17, 15) is 39.3 Å². The van der Waals surface area contributed by atoms with E-state index in [1.807, 2.05) is 51.2 Å². The number of methoxy groups -OCH3 is 3. The fraction of sp³-hybridized carbons (Fsp3) is 0.755. The highest BCUT2D eigenvalue weighted by molar-refractivity contribution is 6.39. The van der Waals surface area contributed by atoms with Gasteiger partial charge < -0.3 is 48.6 Å². The first-order valence-corrected chi connectivity index (χ1v) is 24.8. The zero-order valence-corrected chi connectivity index (χ0v) is 42.2. The number of fused-ring (bicyclic) bond motifs is 3. The first kappa shape index (κ1) is 53.9. The lowest BCUT2D eigenvalue weighted by atomic mass is 9.78. The Morgan fingerprint density at radius 1 is 0.882 bits per heavy atom. The van der Waals surface area contributed by atoms with Crippen LogP contribution in [0.5, 0.6) is 0 Å². The van der Waals surface area contributed by atoms with Gasteiger partial charge in [-0.3, -0.25) is 19.2 Å². The topological polar surface area (TPSA) is 205 Å². The van der Waals surface area contributed by atoms with Gasteiger partial charge in [0, 0.05) is 58.5 Å². The van der Waals surface area contributed by atoms with E-state index in [2.05, 4.69) is 0 Å². The summed E-state index contributed by atoms with van der Waals surface area (Å²) in [6.45, 7) is 9.59. The van der Waals surface area contributed by atoms with Gasteiger partial charge in [-0.25, -0.2) is 4.79 Å². The van der Waals surface area contributed by atoms with Crippen LogP contribution >= 0.6 is 0 Å². The summed E-state index contributed by atoms with van der Waals surface area (Å²) >= 11 is 0. The van der Waals surface area contributed by atoms with Gasteiger partial charge in [-0.1, -0.05) is 71.1 Å². The number of esters is 1. The molecule has 1 saturated carbocycles. The molecule has 68 heavy (non-hydrogen) atoms. The molecule has 3 fully saturated rings. The number of nitrogens with zero attached hydrogens (tertiary/aromatic N) is 1. The number of aliphatic hydroxyl groups is 3. The molecule has 0 radical (unpaired) electrons. The zero-order chi connectivity index (χ0) is 52.1. The van der Waals surface area contributed by atoms with Crippen LogP contribution in [0.25, 0.3) is 0 Å². The molecule has 0 spiro atoms. The summed E-state index contributed by atoms with van der Waals surface area (Å²) in [5.41, 5.74) is 1.23. The summed E-state index contributed by atoms with van der Waals surface area (Å²) < 4.78 is 50.3. The number of hydrogen-bond acceptors (Lipinski definition) is 14. The molecule has 3 N–H and O–H groups in total. The smallest absolute Gasteiger partial charge is 0.329 e. The molecular weight excluding hydrogens is 875 g/mol. The van der Waals surface area contributed by atoms with Gasteiger partial charge in [-0.15, -0.1) is 0 Å². The molecule has 2 unspecified atom stereocenters. The van der Waals surface area contributed by atoms with Crippen molar-refractivity contribution in [3.05, 3.63) is 47.6 Å². The Morgan fingerprint density at radius 2 is 1.62 bits per heavy atom. The minimum absolute atomic E-state index is 0.00121. The van der Waals surface area contributed by atoms with Crippen molar-refractivity contribution in [3.8, 4) is 0 Å². The Kier molecular flexibility index (Phi) is 21.6. The number of carbonyl (C=O) groups is 5. The molecule has 0 aromatic rings.